The van der Waals surface area contributed by atoms with Gasteiger partial charge in [-0.05, 0) is 63.8 Å². The molecule has 3 aromatic heterocycles. The number of hydrogen-bond donors (Lipinski definition) is 1. The third-order valence-electron chi connectivity index (χ3n) is 8.66. The fourth-order valence-electron chi connectivity index (χ4n) is 6.77. The van der Waals surface area contributed by atoms with Crippen LogP contribution < -0.4 is 9.64 Å². The number of aromatic amines is 1. The van der Waals surface area contributed by atoms with Crippen LogP contribution in [0.15, 0.2) is 24.5 Å². The number of anilines is 1. The molecule has 0 bridgehead atoms. The molecule has 11 heteroatoms. The smallest absolute Gasteiger partial charge is 0.319 e. The SMILES string of the molecule is CB1CCCN(c2nc(OCC34CCCN3CCC4)nc3c(F)c(-c4cc(F)cc5[nH]ncc45)ncc23)C1. The lowest BCUT2D eigenvalue weighted by atomic mass is 9.47. The van der Waals surface area contributed by atoms with Crippen molar-refractivity contribution >= 4 is 34.3 Å². The fraction of sp³-hybridized carbons (Fsp3) is 0.481. The molecule has 3 aliphatic heterocycles. The second-order valence-electron chi connectivity index (χ2n) is 11.2. The standard InChI is InChI=1S/C27H30BF2N7O/c1-28-7-4-8-36(16-28)25-20-13-31-23(18-11-17(29)12-21-19(18)14-32-35-21)22(30)24(20)33-26(34-25)38-15-27-5-2-9-37(27)10-3-6-27/h11-14H,2-10,15-16H2,1H3,(H,32,35). The summed E-state index contributed by atoms with van der Waals surface area (Å²) in [5, 5.41) is 7.89. The fourth-order valence-corrected chi connectivity index (χ4v) is 6.77. The lowest BCUT2D eigenvalue weighted by molar-refractivity contribution is 0.108. The normalized spacial score (nSPS) is 19.6. The van der Waals surface area contributed by atoms with E-state index in [1.165, 1.54) is 25.0 Å². The third-order valence-corrected chi connectivity index (χ3v) is 8.66. The summed E-state index contributed by atoms with van der Waals surface area (Å²) in [7, 11) is 0. The van der Waals surface area contributed by atoms with E-state index in [4.69, 9.17) is 9.72 Å². The van der Waals surface area contributed by atoms with Gasteiger partial charge in [-0.25, -0.2) is 8.78 Å². The Bertz CT molecular complexity index is 1520. The monoisotopic (exact) mass is 517 g/mol. The van der Waals surface area contributed by atoms with Gasteiger partial charge < -0.3 is 9.64 Å². The molecule has 38 heavy (non-hydrogen) atoms. The highest BCUT2D eigenvalue weighted by molar-refractivity contribution is 6.58. The Morgan fingerprint density at radius 1 is 1.05 bits per heavy atom. The Kier molecular flexibility index (Phi) is 5.72. The van der Waals surface area contributed by atoms with Gasteiger partial charge in [-0.2, -0.15) is 15.1 Å². The van der Waals surface area contributed by atoms with Crippen LogP contribution in [0, 0.1) is 11.6 Å². The quantitative estimate of drug-likeness (QED) is 0.384. The van der Waals surface area contributed by atoms with E-state index in [0.29, 0.717) is 41.0 Å². The average Bonchev–Trinajstić information content (AvgIpc) is 3.63. The number of benzene rings is 1. The number of hydrogen-bond acceptors (Lipinski definition) is 7. The zero-order chi connectivity index (χ0) is 25.9. The van der Waals surface area contributed by atoms with Crippen molar-refractivity contribution in [3.8, 4) is 17.3 Å². The molecule has 0 radical (unpaired) electrons. The molecule has 0 saturated carbocycles. The van der Waals surface area contributed by atoms with E-state index in [2.05, 4.69) is 36.8 Å². The van der Waals surface area contributed by atoms with Gasteiger partial charge in [0, 0.05) is 23.7 Å². The first kappa shape index (κ1) is 23.8. The van der Waals surface area contributed by atoms with E-state index in [9.17, 15) is 4.39 Å². The first-order valence-electron chi connectivity index (χ1n) is 13.6. The van der Waals surface area contributed by atoms with Crippen LogP contribution in [0.5, 0.6) is 6.01 Å². The summed E-state index contributed by atoms with van der Waals surface area (Å²) < 4.78 is 37.0. The van der Waals surface area contributed by atoms with E-state index in [0.717, 1.165) is 51.7 Å². The molecule has 0 aliphatic carbocycles. The molecule has 3 saturated heterocycles. The van der Waals surface area contributed by atoms with Gasteiger partial charge in [0.1, 0.15) is 29.5 Å². The van der Waals surface area contributed by atoms with Crippen LogP contribution in [-0.2, 0) is 0 Å². The summed E-state index contributed by atoms with van der Waals surface area (Å²) in [6.45, 7) is 6.24. The summed E-state index contributed by atoms with van der Waals surface area (Å²) in [6, 6.07) is 2.81. The van der Waals surface area contributed by atoms with Gasteiger partial charge in [0.25, 0.3) is 0 Å². The summed E-state index contributed by atoms with van der Waals surface area (Å²) in [4.78, 5) is 18.6. The Balaban J connectivity index is 1.34. The number of nitrogens with zero attached hydrogens (tertiary/aromatic N) is 6. The number of fused-ring (bicyclic) bond motifs is 3. The van der Waals surface area contributed by atoms with Crippen LogP contribution in [0.3, 0.4) is 0 Å². The van der Waals surface area contributed by atoms with Crippen LogP contribution in [-0.4, -0.2) is 75.0 Å². The third kappa shape index (κ3) is 3.90. The van der Waals surface area contributed by atoms with Gasteiger partial charge in [-0.1, -0.05) is 13.1 Å². The number of pyridine rings is 1. The number of halogens is 2. The predicted molar refractivity (Wildman–Crippen MR) is 144 cm³/mol. The molecule has 1 aromatic carbocycles. The molecule has 6 heterocycles. The van der Waals surface area contributed by atoms with Crippen molar-refractivity contribution in [1.82, 2.24) is 30.0 Å². The Labute approximate surface area is 219 Å². The van der Waals surface area contributed by atoms with Gasteiger partial charge in [0.2, 0.25) is 0 Å². The van der Waals surface area contributed by atoms with Crippen molar-refractivity contribution in [2.45, 2.75) is 50.8 Å². The molecule has 7 rings (SSSR count). The molecule has 0 spiro atoms. The van der Waals surface area contributed by atoms with E-state index >= 15 is 4.39 Å². The lowest BCUT2D eigenvalue weighted by Gasteiger charge is -2.32. The van der Waals surface area contributed by atoms with Crippen LogP contribution in [0.4, 0.5) is 14.6 Å². The van der Waals surface area contributed by atoms with Gasteiger partial charge in [0.15, 0.2) is 12.5 Å². The summed E-state index contributed by atoms with van der Waals surface area (Å²) >= 11 is 0. The minimum atomic E-state index is -0.615. The van der Waals surface area contributed by atoms with Crippen molar-refractivity contribution in [3.63, 3.8) is 0 Å². The van der Waals surface area contributed by atoms with E-state index < -0.39 is 11.6 Å². The maximum atomic E-state index is 16.3. The molecule has 4 aromatic rings. The molecule has 0 unspecified atom stereocenters. The van der Waals surface area contributed by atoms with Gasteiger partial charge in [0.05, 0.1) is 22.6 Å². The molecule has 1 N–H and O–H groups in total. The number of rotatable bonds is 5. The molecular weight excluding hydrogens is 487 g/mol. The Hall–Kier alpha value is -3.34. The van der Waals surface area contributed by atoms with Crippen LogP contribution >= 0.6 is 0 Å². The number of H-pyrrole nitrogens is 1. The first-order valence-corrected chi connectivity index (χ1v) is 13.6. The summed E-state index contributed by atoms with van der Waals surface area (Å²) in [6.07, 6.45) is 10.7. The molecule has 0 atom stereocenters. The zero-order valence-corrected chi connectivity index (χ0v) is 21.5. The number of nitrogens with one attached hydrogen (secondary N) is 1. The molecule has 8 nitrogen and oxygen atoms in total. The van der Waals surface area contributed by atoms with Gasteiger partial charge >= 0.3 is 6.01 Å². The molecule has 196 valence electrons. The maximum Gasteiger partial charge on any atom is 0.319 e. The minimum Gasteiger partial charge on any atom is -0.461 e. The number of ether oxygens (including phenoxy) is 1. The van der Waals surface area contributed by atoms with Crippen LogP contribution in [0.1, 0.15) is 32.1 Å². The molecular formula is C27H30BF2N7O. The Morgan fingerprint density at radius 3 is 2.71 bits per heavy atom. The van der Waals surface area contributed by atoms with E-state index in [-0.39, 0.29) is 22.8 Å². The summed E-state index contributed by atoms with van der Waals surface area (Å²) in [5.74, 6) is -0.463. The highest BCUT2D eigenvalue weighted by atomic mass is 19.1. The maximum absolute atomic E-state index is 16.3. The molecule has 0 amide bonds. The molecule has 3 aliphatic rings. The van der Waals surface area contributed by atoms with Gasteiger partial charge in [-0.15, -0.1) is 0 Å². The van der Waals surface area contributed by atoms with E-state index in [1.807, 2.05) is 0 Å². The first-order chi connectivity index (χ1) is 18.5. The van der Waals surface area contributed by atoms with Crippen LogP contribution in [0.2, 0.25) is 13.1 Å². The van der Waals surface area contributed by atoms with Crippen molar-refractivity contribution in [1.29, 1.82) is 0 Å². The highest BCUT2D eigenvalue weighted by Crippen LogP contribution is 2.40. The topological polar surface area (TPSA) is 83.1 Å². The zero-order valence-electron chi connectivity index (χ0n) is 21.5. The largest absolute Gasteiger partial charge is 0.461 e. The van der Waals surface area contributed by atoms with Crippen molar-refractivity contribution in [2.24, 2.45) is 0 Å². The van der Waals surface area contributed by atoms with Gasteiger partial charge in [-0.3, -0.25) is 15.0 Å². The van der Waals surface area contributed by atoms with Crippen molar-refractivity contribution in [2.75, 3.05) is 37.6 Å². The second-order valence-corrected chi connectivity index (χ2v) is 11.2. The highest BCUT2D eigenvalue weighted by Gasteiger charge is 2.45. The molecule has 3 fully saturated rings. The minimum absolute atomic E-state index is 0.0223. The van der Waals surface area contributed by atoms with Crippen LogP contribution in [0.25, 0.3) is 33.1 Å². The summed E-state index contributed by atoms with van der Waals surface area (Å²) in [5.41, 5.74) is 1.000. The number of aromatic nitrogens is 5. The van der Waals surface area contributed by atoms with Crippen molar-refractivity contribution < 1.29 is 13.5 Å². The van der Waals surface area contributed by atoms with Crippen molar-refractivity contribution in [3.05, 3.63) is 36.2 Å². The lowest BCUT2D eigenvalue weighted by Crippen LogP contribution is -2.43. The van der Waals surface area contributed by atoms with E-state index in [1.54, 1.807) is 12.4 Å². The second kappa shape index (κ2) is 9.15. The average molecular weight is 517 g/mol. The Morgan fingerprint density at radius 2 is 1.89 bits per heavy atom. The predicted octanol–water partition coefficient (Wildman–Crippen LogP) is 4.73.